The minimum Gasteiger partial charge on any atom is -0.382 e. The molecule has 2 heterocycles. The molecule has 0 saturated carbocycles. The highest BCUT2D eigenvalue weighted by Gasteiger charge is 2.48. The third kappa shape index (κ3) is 3.28. The van der Waals surface area contributed by atoms with Crippen molar-refractivity contribution in [1.82, 2.24) is 14.7 Å². The maximum absolute atomic E-state index is 12.9. The van der Waals surface area contributed by atoms with E-state index in [-0.39, 0.29) is 12.5 Å². The molecule has 1 aliphatic rings. The summed E-state index contributed by atoms with van der Waals surface area (Å²) in [6, 6.07) is 9.21. The van der Waals surface area contributed by atoms with Crippen LogP contribution in [0.3, 0.4) is 0 Å². The van der Waals surface area contributed by atoms with Crippen LogP contribution in [-0.2, 0) is 16.1 Å². The Bertz CT molecular complexity index is 742. The summed E-state index contributed by atoms with van der Waals surface area (Å²) in [5.74, 6) is -0.713. The molecule has 1 aromatic heterocycles. The van der Waals surface area contributed by atoms with Crippen molar-refractivity contribution < 1.29 is 14.3 Å². The van der Waals surface area contributed by atoms with Gasteiger partial charge in [-0.1, -0.05) is 12.1 Å². The zero-order valence-corrected chi connectivity index (χ0v) is 14.2. The number of benzene rings is 1. The number of hydrogen-bond donors (Lipinski definition) is 1. The molecule has 1 fully saturated rings. The SMILES string of the molecule is COCC1(C(N)=O)CCCN1C(=O)c1ccc(Cn2cccn2)cc1. The van der Waals surface area contributed by atoms with Crippen LogP contribution in [0.4, 0.5) is 0 Å². The van der Waals surface area contributed by atoms with Crippen LogP contribution in [0, 0.1) is 0 Å². The molecule has 0 aliphatic carbocycles. The van der Waals surface area contributed by atoms with Crippen LogP contribution >= 0.6 is 0 Å². The third-order valence-electron chi connectivity index (χ3n) is 4.68. The summed E-state index contributed by atoms with van der Waals surface area (Å²) in [4.78, 5) is 26.5. The van der Waals surface area contributed by atoms with Crippen molar-refractivity contribution in [2.75, 3.05) is 20.3 Å². The summed E-state index contributed by atoms with van der Waals surface area (Å²) in [7, 11) is 1.51. The van der Waals surface area contributed by atoms with E-state index in [2.05, 4.69) is 5.10 Å². The smallest absolute Gasteiger partial charge is 0.254 e. The number of aromatic nitrogens is 2. The molecule has 1 atom stereocenters. The van der Waals surface area contributed by atoms with Gasteiger partial charge in [-0.15, -0.1) is 0 Å². The van der Waals surface area contributed by atoms with Gasteiger partial charge >= 0.3 is 0 Å². The highest BCUT2D eigenvalue weighted by molar-refractivity contribution is 5.99. The lowest BCUT2D eigenvalue weighted by atomic mass is 9.95. The summed E-state index contributed by atoms with van der Waals surface area (Å²) in [5.41, 5.74) is 6.12. The second-order valence-corrected chi connectivity index (χ2v) is 6.29. The molecule has 1 aliphatic heterocycles. The maximum Gasteiger partial charge on any atom is 0.254 e. The first-order valence-corrected chi connectivity index (χ1v) is 8.24. The van der Waals surface area contributed by atoms with Crippen LogP contribution in [0.25, 0.3) is 0 Å². The Hall–Kier alpha value is -2.67. The van der Waals surface area contributed by atoms with Gasteiger partial charge in [-0.3, -0.25) is 14.3 Å². The van der Waals surface area contributed by atoms with Crippen molar-refractivity contribution in [3.05, 3.63) is 53.9 Å². The first kappa shape index (κ1) is 17.2. The Labute approximate surface area is 146 Å². The summed E-state index contributed by atoms with van der Waals surface area (Å²) in [5, 5.41) is 4.17. The molecule has 7 heteroatoms. The molecule has 0 spiro atoms. The number of carbonyl (C=O) groups is 2. The van der Waals surface area contributed by atoms with Crippen LogP contribution in [0.5, 0.6) is 0 Å². The van der Waals surface area contributed by atoms with Gasteiger partial charge in [0.05, 0.1) is 13.2 Å². The maximum atomic E-state index is 12.9. The quantitative estimate of drug-likeness (QED) is 0.849. The summed E-state index contributed by atoms with van der Waals surface area (Å²) in [6.07, 6.45) is 4.87. The number of hydrogen-bond acceptors (Lipinski definition) is 4. The zero-order chi connectivity index (χ0) is 17.9. The predicted octanol–water partition coefficient (Wildman–Crippen LogP) is 1.04. The fourth-order valence-corrected chi connectivity index (χ4v) is 3.38. The standard InChI is InChI=1S/C18H22N4O3/c1-25-13-18(17(19)24)8-2-11-22(18)16(23)15-6-4-14(5-7-15)12-21-10-3-9-20-21/h3-7,9-10H,2,8,11-13H2,1H3,(H2,19,24). The van der Waals surface area contributed by atoms with Crippen LogP contribution in [-0.4, -0.2) is 52.3 Å². The van der Waals surface area contributed by atoms with Gasteiger partial charge in [-0.25, -0.2) is 0 Å². The van der Waals surface area contributed by atoms with Gasteiger partial charge < -0.3 is 15.4 Å². The molecule has 1 unspecified atom stereocenters. The van der Waals surface area contributed by atoms with Gasteiger partial charge in [0, 0.05) is 31.6 Å². The van der Waals surface area contributed by atoms with Crippen molar-refractivity contribution >= 4 is 11.8 Å². The lowest BCUT2D eigenvalue weighted by Gasteiger charge is -2.35. The topological polar surface area (TPSA) is 90.5 Å². The number of nitrogens with zero attached hydrogens (tertiary/aromatic N) is 3. The normalized spacial score (nSPS) is 20.0. The first-order valence-electron chi connectivity index (χ1n) is 8.24. The van der Waals surface area contributed by atoms with Crippen LogP contribution < -0.4 is 5.73 Å². The van der Waals surface area contributed by atoms with E-state index in [4.69, 9.17) is 10.5 Å². The minimum absolute atomic E-state index is 0.117. The molecule has 2 aromatic rings. The highest BCUT2D eigenvalue weighted by atomic mass is 16.5. The first-order chi connectivity index (χ1) is 12.1. The predicted molar refractivity (Wildman–Crippen MR) is 91.8 cm³/mol. The Morgan fingerprint density at radius 1 is 1.32 bits per heavy atom. The molecular weight excluding hydrogens is 320 g/mol. The fraction of sp³-hybridized carbons (Fsp3) is 0.389. The number of nitrogens with two attached hydrogens (primary N) is 1. The molecule has 1 saturated heterocycles. The van der Waals surface area contributed by atoms with E-state index < -0.39 is 11.4 Å². The molecule has 2 amide bonds. The van der Waals surface area contributed by atoms with Gasteiger partial charge in [0.2, 0.25) is 5.91 Å². The largest absolute Gasteiger partial charge is 0.382 e. The second kappa shape index (κ2) is 7.06. The van der Waals surface area contributed by atoms with E-state index >= 15 is 0 Å². The second-order valence-electron chi connectivity index (χ2n) is 6.29. The van der Waals surface area contributed by atoms with Gasteiger partial charge in [-0.05, 0) is 36.6 Å². The molecule has 3 rings (SSSR count). The monoisotopic (exact) mass is 342 g/mol. The molecule has 132 valence electrons. The lowest BCUT2D eigenvalue weighted by Crippen LogP contribution is -2.58. The third-order valence-corrected chi connectivity index (χ3v) is 4.68. The minimum atomic E-state index is -1.06. The van der Waals surface area contributed by atoms with Crippen LogP contribution in [0.1, 0.15) is 28.8 Å². The fourth-order valence-electron chi connectivity index (χ4n) is 3.38. The average molecular weight is 342 g/mol. The van der Waals surface area contributed by atoms with Crippen molar-refractivity contribution in [3.8, 4) is 0 Å². The summed E-state index contributed by atoms with van der Waals surface area (Å²) in [6.45, 7) is 1.26. The van der Waals surface area contributed by atoms with Gasteiger partial charge in [0.25, 0.3) is 5.91 Å². The molecule has 0 bridgehead atoms. The Kier molecular flexibility index (Phi) is 4.85. The molecular formula is C18H22N4O3. The Morgan fingerprint density at radius 2 is 2.08 bits per heavy atom. The van der Waals surface area contributed by atoms with Gasteiger partial charge in [0.15, 0.2) is 0 Å². The lowest BCUT2D eigenvalue weighted by molar-refractivity contribution is -0.130. The number of ether oxygens (including phenoxy) is 1. The van der Waals surface area contributed by atoms with Gasteiger partial charge in [0.1, 0.15) is 5.54 Å². The van der Waals surface area contributed by atoms with E-state index in [0.29, 0.717) is 25.1 Å². The van der Waals surface area contributed by atoms with E-state index in [1.807, 2.05) is 29.1 Å². The van der Waals surface area contributed by atoms with Crippen molar-refractivity contribution in [2.45, 2.75) is 24.9 Å². The number of primary amides is 1. The number of likely N-dealkylation sites (tertiary alicyclic amines) is 1. The number of methoxy groups -OCH3 is 1. The van der Waals surface area contributed by atoms with Crippen LogP contribution in [0.15, 0.2) is 42.7 Å². The number of rotatable bonds is 6. The Balaban J connectivity index is 1.79. The van der Waals surface area contributed by atoms with Crippen molar-refractivity contribution in [2.24, 2.45) is 5.73 Å². The molecule has 7 nitrogen and oxygen atoms in total. The number of amides is 2. The molecule has 1 aromatic carbocycles. The molecule has 2 N–H and O–H groups in total. The summed E-state index contributed by atoms with van der Waals surface area (Å²) < 4.78 is 6.99. The van der Waals surface area contributed by atoms with E-state index in [1.165, 1.54) is 7.11 Å². The molecule has 25 heavy (non-hydrogen) atoms. The highest BCUT2D eigenvalue weighted by Crippen LogP contribution is 2.31. The average Bonchev–Trinajstić information content (AvgIpc) is 3.25. The van der Waals surface area contributed by atoms with E-state index in [9.17, 15) is 9.59 Å². The van der Waals surface area contributed by atoms with E-state index in [0.717, 1.165) is 12.0 Å². The van der Waals surface area contributed by atoms with Crippen molar-refractivity contribution in [3.63, 3.8) is 0 Å². The van der Waals surface area contributed by atoms with E-state index in [1.54, 1.807) is 23.2 Å². The van der Waals surface area contributed by atoms with Gasteiger partial charge in [-0.2, -0.15) is 5.10 Å². The number of carbonyl (C=O) groups excluding carboxylic acids is 2. The van der Waals surface area contributed by atoms with Crippen molar-refractivity contribution in [1.29, 1.82) is 0 Å². The van der Waals surface area contributed by atoms with Crippen LogP contribution in [0.2, 0.25) is 0 Å². The summed E-state index contributed by atoms with van der Waals surface area (Å²) >= 11 is 0. The zero-order valence-electron chi connectivity index (χ0n) is 14.2. The Morgan fingerprint density at radius 3 is 2.68 bits per heavy atom. The molecule has 0 radical (unpaired) electrons.